The number of hydrogen-bond acceptors (Lipinski definition) is 3. The van der Waals surface area contributed by atoms with Gasteiger partial charge in [-0.15, -0.1) is 0 Å². The minimum atomic E-state index is -0.0810. The molecule has 2 fully saturated rings. The van der Waals surface area contributed by atoms with Gasteiger partial charge in [-0.3, -0.25) is 9.78 Å². The fraction of sp³-hybridized carbons (Fsp3) is 0.273. The highest BCUT2D eigenvalue weighted by molar-refractivity contribution is 5.82. The van der Waals surface area contributed by atoms with Crippen molar-refractivity contribution in [3.63, 3.8) is 0 Å². The van der Waals surface area contributed by atoms with Crippen LogP contribution in [0.3, 0.4) is 0 Å². The van der Waals surface area contributed by atoms with Crippen molar-refractivity contribution < 1.29 is 4.79 Å². The Kier molecular flexibility index (Phi) is 6.83. The van der Waals surface area contributed by atoms with E-state index in [1.165, 1.54) is 22.3 Å². The maximum Gasteiger partial charge on any atom is 0.228 e. The molecule has 0 saturated carbocycles. The van der Waals surface area contributed by atoms with E-state index in [0.29, 0.717) is 12.5 Å². The molecule has 1 aromatic heterocycles. The lowest BCUT2D eigenvalue weighted by atomic mass is 9.80. The van der Waals surface area contributed by atoms with Gasteiger partial charge in [-0.2, -0.15) is 0 Å². The van der Waals surface area contributed by atoms with Crippen LogP contribution in [-0.2, 0) is 4.79 Å². The van der Waals surface area contributed by atoms with Crippen LogP contribution in [-0.4, -0.2) is 35.4 Å². The summed E-state index contributed by atoms with van der Waals surface area (Å²) in [7, 11) is 0. The lowest BCUT2D eigenvalue weighted by Gasteiger charge is -2.42. The van der Waals surface area contributed by atoms with Gasteiger partial charge in [0.15, 0.2) is 0 Å². The maximum atomic E-state index is 14.3. The van der Waals surface area contributed by atoms with E-state index in [9.17, 15) is 4.79 Å². The van der Waals surface area contributed by atoms with Crippen LogP contribution in [0.15, 0.2) is 109 Å². The molecule has 4 heteroatoms. The van der Waals surface area contributed by atoms with Crippen LogP contribution < -0.4 is 5.32 Å². The number of nitrogens with one attached hydrogen (secondary N) is 1. The minimum absolute atomic E-state index is 0.0810. The number of carbonyl (C=O) groups excluding carboxylic acids is 1. The van der Waals surface area contributed by atoms with Crippen molar-refractivity contribution in [2.45, 2.75) is 30.7 Å². The molecule has 4 nitrogen and oxygen atoms in total. The van der Waals surface area contributed by atoms with Crippen molar-refractivity contribution in [2.75, 3.05) is 19.6 Å². The Balaban J connectivity index is 1.31. The normalized spacial score (nSPS) is 23.6. The van der Waals surface area contributed by atoms with E-state index in [1.807, 2.05) is 12.4 Å². The zero-order valence-electron chi connectivity index (χ0n) is 21.0. The third kappa shape index (κ3) is 4.82. The first-order chi connectivity index (χ1) is 18.3. The zero-order valence-corrected chi connectivity index (χ0v) is 21.0. The molecule has 0 spiro atoms. The average Bonchev–Trinajstić information content (AvgIpc) is 3.48. The lowest BCUT2D eigenvalue weighted by Crippen LogP contribution is -2.45. The van der Waals surface area contributed by atoms with E-state index in [1.54, 1.807) is 0 Å². The summed E-state index contributed by atoms with van der Waals surface area (Å²) in [6, 6.07) is 34.1. The molecule has 186 valence electrons. The Morgan fingerprint density at radius 2 is 1.46 bits per heavy atom. The molecule has 2 aliphatic heterocycles. The smallest absolute Gasteiger partial charge is 0.228 e. The van der Waals surface area contributed by atoms with E-state index < -0.39 is 0 Å². The zero-order chi connectivity index (χ0) is 25.0. The number of carbonyl (C=O) groups is 1. The van der Waals surface area contributed by atoms with Gasteiger partial charge >= 0.3 is 0 Å². The van der Waals surface area contributed by atoms with Crippen LogP contribution in [0.4, 0.5) is 0 Å². The number of benzene rings is 3. The fourth-order valence-corrected chi connectivity index (χ4v) is 6.34. The Bertz CT molecular complexity index is 1330. The van der Waals surface area contributed by atoms with Crippen LogP contribution >= 0.6 is 0 Å². The molecule has 37 heavy (non-hydrogen) atoms. The molecule has 0 bridgehead atoms. The van der Waals surface area contributed by atoms with Gasteiger partial charge in [0.05, 0.1) is 12.0 Å². The van der Waals surface area contributed by atoms with Gasteiger partial charge in [-0.1, -0.05) is 84.9 Å². The highest BCUT2D eigenvalue weighted by Gasteiger charge is 2.41. The van der Waals surface area contributed by atoms with Gasteiger partial charge in [0, 0.05) is 37.9 Å². The summed E-state index contributed by atoms with van der Waals surface area (Å²) in [6.07, 6.45) is 5.63. The monoisotopic (exact) mass is 487 g/mol. The number of likely N-dealkylation sites (tertiary alicyclic amines) is 1. The van der Waals surface area contributed by atoms with E-state index in [2.05, 4.69) is 112 Å². The molecule has 3 heterocycles. The van der Waals surface area contributed by atoms with Crippen LogP contribution in [0, 0.1) is 5.92 Å². The number of rotatable bonds is 5. The van der Waals surface area contributed by atoms with Crippen molar-refractivity contribution in [3.8, 4) is 11.1 Å². The standard InChI is InChI=1S/C33H33N3O/c37-33(31-23-35-22-30(31)29-14-8-7-13-28(29)25-15-18-34-19-16-25)36-20-17-27(24-9-3-1-4-10-24)21-32(36)26-11-5-2-6-12-26/h1-16,18-19,27,30-32,35H,17,20-23H2/t27-,30-,31+,32+/m0/s1. The van der Waals surface area contributed by atoms with Crippen molar-refractivity contribution in [3.05, 3.63) is 126 Å². The van der Waals surface area contributed by atoms with Crippen molar-refractivity contribution in [1.29, 1.82) is 0 Å². The minimum Gasteiger partial charge on any atom is -0.335 e. The molecule has 4 atom stereocenters. The summed E-state index contributed by atoms with van der Waals surface area (Å²) in [5, 5.41) is 3.55. The second-order valence-electron chi connectivity index (χ2n) is 10.3. The van der Waals surface area contributed by atoms with E-state index in [4.69, 9.17) is 0 Å². The fourth-order valence-electron chi connectivity index (χ4n) is 6.34. The summed E-state index contributed by atoms with van der Waals surface area (Å²) in [4.78, 5) is 20.7. The van der Waals surface area contributed by atoms with Gasteiger partial charge in [0.1, 0.15) is 0 Å². The van der Waals surface area contributed by atoms with Crippen molar-refractivity contribution in [1.82, 2.24) is 15.2 Å². The van der Waals surface area contributed by atoms with Crippen LogP contribution in [0.1, 0.15) is 47.4 Å². The Morgan fingerprint density at radius 1 is 0.784 bits per heavy atom. The van der Waals surface area contributed by atoms with E-state index in [0.717, 1.165) is 31.5 Å². The second kappa shape index (κ2) is 10.7. The molecule has 1 amide bonds. The molecular formula is C33H33N3O. The third-order valence-corrected chi connectivity index (χ3v) is 8.22. The largest absolute Gasteiger partial charge is 0.335 e. The Labute approximate surface area is 219 Å². The second-order valence-corrected chi connectivity index (χ2v) is 10.3. The SMILES string of the molecule is O=C([C@@H]1CNC[C@H]1c1ccccc1-c1ccncc1)N1CC[C@H](c2ccccc2)C[C@@H]1c1ccccc1. The summed E-state index contributed by atoms with van der Waals surface area (Å²) >= 11 is 0. The highest BCUT2D eigenvalue weighted by Crippen LogP contribution is 2.42. The molecule has 4 aromatic rings. The molecular weight excluding hydrogens is 454 g/mol. The topological polar surface area (TPSA) is 45.2 Å². The molecule has 0 radical (unpaired) electrons. The number of piperidine rings is 1. The van der Waals surface area contributed by atoms with Gasteiger partial charge in [-0.25, -0.2) is 0 Å². The molecule has 0 aliphatic carbocycles. The quantitative estimate of drug-likeness (QED) is 0.365. The summed E-state index contributed by atoms with van der Waals surface area (Å²) in [5.74, 6) is 0.794. The van der Waals surface area contributed by atoms with Gasteiger partial charge in [-0.05, 0) is 58.7 Å². The molecule has 0 unspecified atom stereocenters. The third-order valence-electron chi connectivity index (χ3n) is 8.22. The van der Waals surface area contributed by atoms with Gasteiger partial charge < -0.3 is 10.2 Å². The van der Waals surface area contributed by atoms with Crippen LogP contribution in [0.2, 0.25) is 0 Å². The lowest BCUT2D eigenvalue weighted by molar-refractivity contribution is -0.139. The van der Waals surface area contributed by atoms with E-state index in [-0.39, 0.29) is 23.8 Å². The van der Waals surface area contributed by atoms with Crippen LogP contribution in [0.25, 0.3) is 11.1 Å². The predicted octanol–water partition coefficient (Wildman–Crippen LogP) is 6.20. The highest BCUT2D eigenvalue weighted by atomic mass is 16.2. The number of nitrogens with zero attached hydrogens (tertiary/aromatic N) is 2. The number of aromatic nitrogens is 1. The van der Waals surface area contributed by atoms with Gasteiger partial charge in [0.2, 0.25) is 5.91 Å². The number of amides is 1. The first-order valence-corrected chi connectivity index (χ1v) is 13.4. The Hall–Kier alpha value is -3.76. The Morgan fingerprint density at radius 3 is 2.22 bits per heavy atom. The molecule has 6 rings (SSSR count). The first-order valence-electron chi connectivity index (χ1n) is 13.4. The molecule has 2 saturated heterocycles. The van der Waals surface area contributed by atoms with E-state index >= 15 is 0 Å². The first kappa shape index (κ1) is 23.6. The van der Waals surface area contributed by atoms with Crippen LogP contribution in [0.5, 0.6) is 0 Å². The number of hydrogen-bond donors (Lipinski definition) is 1. The molecule has 1 N–H and O–H groups in total. The summed E-state index contributed by atoms with van der Waals surface area (Å²) < 4.78 is 0. The van der Waals surface area contributed by atoms with Gasteiger partial charge in [0.25, 0.3) is 0 Å². The van der Waals surface area contributed by atoms with Crippen molar-refractivity contribution >= 4 is 5.91 Å². The summed E-state index contributed by atoms with van der Waals surface area (Å²) in [6.45, 7) is 2.32. The maximum absolute atomic E-state index is 14.3. The summed E-state index contributed by atoms with van der Waals surface area (Å²) in [5.41, 5.74) is 6.19. The average molecular weight is 488 g/mol. The predicted molar refractivity (Wildman–Crippen MR) is 148 cm³/mol. The van der Waals surface area contributed by atoms with Crippen molar-refractivity contribution in [2.24, 2.45) is 5.92 Å². The molecule has 3 aromatic carbocycles. The number of pyridine rings is 1. The molecule has 2 aliphatic rings.